The number of hydrogen-bond acceptors (Lipinski definition) is 6. The lowest BCUT2D eigenvalue weighted by Crippen LogP contribution is -2.43. The van der Waals surface area contributed by atoms with Crippen molar-refractivity contribution in [1.82, 2.24) is 20.2 Å². The zero-order valence-electron chi connectivity index (χ0n) is 20.5. The van der Waals surface area contributed by atoms with Crippen molar-refractivity contribution in [1.29, 1.82) is 0 Å². The molecule has 11 heteroatoms. The first-order chi connectivity index (χ1) is 17.3. The van der Waals surface area contributed by atoms with E-state index >= 15 is 0 Å². The molecule has 0 atom stereocenters. The SMILES string of the molecule is CC.CN(C)CCNc1nc(-c2ccc(C(=O)O)cc2)c2c(n1)N(c1c(F)cccc1F)C(=O)NC2. The van der Waals surface area contributed by atoms with Gasteiger partial charge >= 0.3 is 12.0 Å². The summed E-state index contributed by atoms with van der Waals surface area (Å²) in [5.41, 5.74) is 0.939. The van der Waals surface area contributed by atoms with Crippen LogP contribution in [0.4, 0.5) is 31.0 Å². The second-order valence-corrected chi connectivity index (χ2v) is 7.87. The summed E-state index contributed by atoms with van der Waals surface area (Å²) in [4.78, 5) is 35.8. The fourth-order valence-electron chi connectivity index (χ4n) is 3.55. The predicted molar refractivity (Wildman–Crippen MR) is 134 cm³/mol. The van der Waals surface area contributed by atoms with E-state index in [1.165, 1.54) is 18.2 Å². The number of hydrogen-bond donors (Lipinski definition) is 3. The van der Waals surface area contributed by atoms with Gasteiger partial charge in [-0.2, -0.15) is 4.98 Å². The number of carbonyl (C=O) groups is 2. The molecule has 0 aliphatic carbocycles. The molecule has 2 aromatic carbocycles. The number of amides is 2. The number of carboxylic acid groups (broad SMARTS) is 1. The van der Waals surface area contributed by atoms with Crippen LogP contribution in [0.5, 0.6) is 0 Å². The highest BCUT2D eigenvalue weighted by Gasteiger charge is 2.34. The quantitative estimate of drug-likeness (QED) is 0.440. The highest BCUT2D eigenvalue weighted by Crippen LogP contribution is 2.38. The zero-order valence-corrected chi connectivity index (χ0v) is 20.5. The largest absolute Gasteiger partial charge is 0.478 e. The minimum Gasteiger partial charge on any atom is -0.478 e. The van der Waals surface area contributed by atoms with E-state index in [1.807, 2.05) is 32.8 Å². The van der Waals surface area contributed by atoms with E-state index in [0.29, 0.717) is 29.9 Å². The molecule has 190 valence electrons. The number of fused-ring (bicyclic) bond motifs is 1. The van der Waals surface area contributed by atoms with Gasteiger partial charge in [0.2, 0.25) is 5.95 Å². The Morgan fingerprint density at radius 2 is 1.75 bits per heavy atom. The van der Waals surface area contributed by atoms with Crippen LogP contribution in [0.2, 0.25) is 0 Å². The van der Waals surface area contributed by atoms with Gasteiger partial charge in [0.1, 0.15) is 17.3 Å². The van der Waals surface area contributed by atoms with Crippen molar-refractivity contribution in [2.75, 3.05) is 37.4 Å². The number of halogens is 2. The molecule has 3 aromatic rings. The van der Waals surface area contributed by atoms with Gasteiger partial charge < -0.3 is 20.6 Å². The van der Waals surface area contributed by atoms with Crippen molar-refractivity contribution in [3.63, 3.8) is 0 Å². The van der Waals surface area contributed by atoms with E-state index in [1.54, 1.807) is 12.1 Å². The van der Waals surface area contributed by atoms with E-state index in [-0.39, 0.29) is 23.9 Å². The number of likely N-dealkylation sites (N-methyl/N-ethyl adjacent to an activating group) is 1. The van der Waals surface area contributed by atoms with Crippen LogP contribution in [0, 0.1) is 11.6 Å². The number of rotatable bonds is 7. The molecular weight excluding hydrogens is 470 g/mol. The summed E-state index contributed by atoms with van der Waals surface area (Å²) < 4.78 is 29.3. The van der Waals surface area contributed by atoms with E-state index in [4.69, 9.17) is 0 Å². The van der Waals surface area contributed by atoms with E-state index in [9.17, 15) is 23.5 Å². The lowest BCUT2D eigenvalue weighted by Gasteiger charge is -2.30. The van der Waals surface area contributed by atoms with Crippen LogP contribution in [-0.4, -0.2) is 59.2 Å². The molecule has 2 amide bonds. The van der Waals surface area contributed by atoms with Gasteiger partial charge in [-0.25, -0.2) is 28.3 Å². The molecule has 36 heavy (non-hydrogen) atoms. The number of carbonyl (C=O) groups excluding carboxylic acids is 1. The molecule has 0 unspecified atom stereocenters. The van der Waals surface area contributed by atoms with E-state index in [0.717, 1.165) is 17.0 Å². The van der Waals surface area contributed by atoms with E-state index in [2.05, 4.69) is 20.6 Å². The van der Waals surface area contributed by atoms with Crippen LogP contribution in [0.15, 0.2) is 42.5 Å². The average molecular weight is 499 g/mol. The maximum Gasteiger partial charge on any atom is 0.335 e. The van der Waals surface area contributed by atoms with Crippen LogP contribution < -0.4 is 15.5 Å². The van der Waals surface area contributed by atoms with Crippen molar-refractivity contribution in [3.8, 4) is 11.3 Å². The first-order valence-corrected chi connectivity index (χ1v) is 11.4. The second kappa shape index (κ2) is 11.5. The number of anilines is 3. The third-order valence-corrected chi connectivity index (χ3v) is 5.23. The van der Waals surface area contributed by atoms with Crippen molar-refractivity contribution in [2.24, 2.45) is 0 Å². The lowest BCUT2D eigenvalue weighted by atomic mass is 10.0. The summed E-state index contributed by atoms with van der Waals surface area (Å²) in [5.74, 6) is -2.72. The monoisotopic (exact) mass is 498 g/mol. The Balaban J connectivity index is 0.00000176. The lowest BCUT2D eigenvalue weighted by molar-refractivity contribution is 0.0697. The Kier molecular flexibility index (Phi) is 8.49. The number of para-hydroxylation sites is 1. The molecule has 1 aliphatic rings. The Bertz CT molecular complexity index is 1230. The van der Waals surface area contributed by atoms with Gasteiger partial charge in [-0.05, 0) is 38.4 Å². The summed E-state index contributed by atoms with van der Waals surface area (Å²) in [7, 11) is 3.80. The van der Waals surface area contributed by atoms with E-state index < -0.39 is 29.3 Å². The first-order valence-electron chi connectivity index (χ1n) is 11.4. The van der Waals surface area contributed by atoms with Crippen LogP contribution in [0.1, 0.15) is 29.8 Å². The molecule has 0 spiro atoms. The van der Waals surface area contributed by atoms with Gasteiger partial charge in [0, 0.05) is 24.2 Å². The standard InChI is InChI=1S/C23H22F2N6O3.C2H6/c1-30(2)11-10-26-22-28-18(13-6-8-14(9-7-13)21(32)33)15-12-27-23(34)31(20(15)29-22)19-16(24)4-3-5-17(19)25;1-2/h3-9H,10-12H2,1-2H3,(H,27,34)(H,32,33)(H,26,28,29);1-2H3. The molecule has 0 radical (unpaired) electrons. The normalized spacial score (nSPS) is 12.4. The molecule has 3 N–H and O–H groups in total. The fraction of sp³-hybridized carbons (Fsp3) is 0.280. The second-order valence-electron chi connectivity index (χ2n) is 7.87. The average Bonchev–Trinajstić information content (AvgIpc) is 2.86. The molecule has 4 rings (SSSR count). The molecule has 2 heterocycles. The number of aromatic nitrogens is 2. The van der Waals surface area contributed by atoms with Crippen LogP contribution in [0.3, 0.4) is 0 Å². The summed E-state index contributed by atoms with van der Waals surface area (Å²) in [6.45, 7) is 5.16. The van der Waals surface area contributed by atoms with Gasteiger partial charge in [-0.3, -0.25) is 0 Å². The summed E-state index contributed by atoms with van der Waals surface area (Å²) in [6.07, 6.45) is 0. The zero-order chi connectivity index (χ0) is 26.4. The number of nitrogens with zero attached hydrogens (tertiary/aromatic N) is 4. The maximum atomic E-state index is 14.7. The fourth-order valence-corrected chi connectivity index (χ4v) is 3.55. The Hall–Kier alpha value is -4.12. The van der Waals surface area contributed by atoms with Gasteiger partial charge in [0.05, 0.1) is 17.8 Å². The molecule has 9 nitrogen and oxygen atoms in total. The Morgan fingerprint density at radius 1 is 1.11 bits per heavy atom. The van der Waals surface area contributed by atoms with Crippen LogP contribution in [0.25, 0.3) is 11.3 Å². The van der Waals surface area contributed by atoms with Gasteiger partial charge in [-0.15, -0.1) is 0 Å². The van der Waals surface area contributed by atoms with Crippen molar-refractivity contribution < 1.29 is 23.5 Å². The summed E-state index contributed by atoms with van der Waals surface area (Å²) >= 11 is 0. The number of benzene rings is 2. The highest BCUT2D eigenvalue weighted by atomic mass is 19.1. The molecule has 1 aromatic heterocycles. The number of nitrogens with one attached hydrogen (secondary N) is 2. The molecule has 1 aliphatic heterocycles. The topological polar surface area (TPSA) is 111 Å². The molecule has 0 fully saturated rings. The minimum absolute atomic E-state index is 0.0226. The third kappa shape index (κ3) is 5.57. The highest BCUT2D eigenvalue weighted by molar-refractivity contribution is 6.02. The van der Waals surface area contributed by atoms with Crippen molar-refractivity contribution >= 4 is 29.5 Å². The van der Waals surface area contributed by atoms with Crippen molar-refractivity contribution in [2.45, 2.75) is 20.4 Å². The molecule has 0 saturated heterocycles. The van der Waals surface area contributed by atoms with Crippen molar-refractivity contribution in [3.05, 3.63) is 65.2 Å². The summed E-state index contributed by atoms with van der Waals surface area (Å²) in [6, 6.07) is 8.62. The number of aromatic carboxylic acids is 1. The smallest absolute Gasteiger partial charge is 0.335 e. The first kappa shape index (κ1) is 26.5. The molecule has 0 bridgehead atoms. The van der Waals surface area contributed by atoms with Gasteiger partial charge in [0.15, 0.2) is 5.82 Å². The maximum absolute atomic E-state index is 14.7. The summed E-state index contributed by atoms with van der Waals surface area (Å²) in [5, 5.41) is 14.9. The number of urea groups is 1. The molecular formula is C25H28F2N6O3. The van der Waals surface area contributed by atoms with Crippen LogP contribution in [-0.2, 0) is 6.54 Å². The number of carboxylic acids is 1. The Labute approximate surface area is 207 Å². The van der Waals surface area contributed by atoms with Crippen LogP contribution >= 0.6 is 0 Å². The predicted octanol–water partition coefficient (Wildman–Crippen LogP) is 4.48. The molecule has 0 saturated carbocycles. The van der Waals surface area contributed by atoms with Gasteiger partial charge in [-0.1, -0.05) is 32.0 Å². The minimum atomic E-state index is -1.07. The Morgan fingerprint density at radius 3 is 2.33 bits per heavy atom. The van der Waals surface area contributed by atoms with Gasteiger partial charge in [0.25, 0.3) is 0 Å². The third-order valence-electron chi connectivity index (χ3n) is 5.23.